The molecule has 0 aliphatic carbocycles. The van der Waals surface area contributed by atoms with Gasteiger partial charge in [-0.15, -0.1) is 0 Å². The molecule has 7 N–H and O–H groups in total. The molecule has 2 amide bonds. The third kappa shape index (κ3) is 4.11. The molecular formula is C10H18N2O7. The molecule has 1 saturated heterocycles. The summed E-state index contributed by atoms with van der Waals surface area (Å²) in [6.07, 6.45) is -6.04. The summed E-state index contributed by atoms with van der Waals surface area (Å²) in [6, 6.07) is -1.25. The third-order valence-corrected chi connectivity index (χ3v) is 2.83. The Labute approximate surface area is 109 Å². The van der Waals surface area contributed by atoms with Crippen LogP contribution in [-0.4, -0.2) is 69.5 Å². The van der Waals surface area contributed by atoms with Gasteiger partial charge in [0.05, 0.1) is 6.61 Å². The molecule has 0 aromatic heterocycles. The molecule has 1 heterocycles. The van der Waals surface area contributed by atoms with E-state index in [1.807, 2.05) is 0 Å². The molecule has 0 radical (unpaired) electrons. The first-order valence-corrected chi connectivity index (χ1v) is 5.75. The minimum atomic E-state index is -1.58. The molecule has 0 spiro atoms. The van der Waals surface area contributed by atoms with Crippen LogP contribution in [0.15, 0.2) is 0 Å². The van der Waals surface area contributed by atoms with E-state index >= 15 is 0 Å². The van der Waals surface area contributed by atoms with E-state index < -0.39 is 49.1 Å². The Hall–Kier alpha value is -1.26. The fraction of sp³-hybridized carbons (Fsp3) is 0.800. The maximum absolute atomic E-state index is 11.4. The van der Waals surface area contributed by atoms with Gasteiger partial charge in [0.2, 0.25) is 11.8 Å². The van der Waals surface area contributed by atoms with Crippen molar-refractivity contribution in [3.63, 3.8) is 0 Å². The van der Waals surface area contributed by atoms with E-state index in [0.717, 1.165) is 0 Å². The van der Waals surface area contributed by atoms with Crippen LogP contribution in [0.25, 0.3) is 0 Å². The first kappa shape index (κ1) is 15.8. The molecular weight excluding hydrogens is 260 g/mol. The van der Waals surface area contributed by atoms with Gasteiger partial charge in [-0.2, -0.15) is 0 Å². The smallest absolute Gasteiger partial charge is 0.220 e. The number of primary amides is 1. The van der Waals surface area contributed by atoms with E-state index in [2.05, 4.69) is 5.32 Å². The second-order valence-electron chi connectivity index (χ2n) is 4.29. The zero-order valence-corrected chi connectivity index (χ0v) is 10.1. The van der Waals surface area contributed by atoms with Gasteiger partial charge < -0.3 is 36.2 Å². The van der Waals surface area contributed by atoms with Crippen LogP contribution >= 0.6 is 0 Å². The predicted octanol–water partition coefficient (Wildman–Crippen LogP) is -3.83. The lowest BCUT2D eigenvalue weighted by Crippen LogP contribution is -2.64. The fourth-order valence-corrected chi connectivity index (χ4v) is 1.75. The molecule has 0 aromatic rings. The minimum Gasteiger partial charge on any atom is -0.394 e. The molecule has 0 saturated carbocycles. The fourth-order valence-electron chi connectivity index (χ4n) is 1.75. The van der Waals surface area contributed by atoms with E-state index in [4.69, 9.17) is 15.6 Å². The predicted molar refractivity (Wildman–Crippen MR) is 60.3 cm³/mol. The lowest BCUT2D eigenvalue weighted by Gasteiger charge is -2.40. The van der Waals surface area contributed by atoms with Crippen LogP contribution < -0.4 is 11.1 Å². The number of aliphatic hydroxyl groups excluding tert-OH is 4. The topological polar surface area (TPSA) is 162 Å². The lowest BCUT2D eigenvalue weighted by atomic mass is 9.97. The number of nitrogens with two attached hydrogens (primary N) is 1. The second-order valence-corrected chi connectivity index (χ2v) is 4.29. The number of hydrogen-bond acceptors (Lipinski definition) is 7. The number of rotatable bonds is 5. The van der Waals surface area contributed by atoms with Gasteiger partial charge in [-0.1, -0.05) is 0 Å². The Morgan fingerprint density at radius 3 is 2.32 bits per heavy atom. The van der Waals surface area contributed by atoms with Crippen molar-refractivity contribution in [3.8, 4) is 0 Å². The molecule has 1 rings (SSSR count). The summed E-state index contributed by atoms with van der Waals surface area (Å²) in [7, 11) is 0. The zero-order chi connectivity index (χ0) is 14.6. The molecule has 5 atom stereocenters. The van der Waals surface area contributed by atoms with Gasteiger partial charge in [-0.25, -0.2) is 0 Å². The number of nitrogens with one attached hydrogen (secondary N) is 1. The summed E-state index contributed by atoms with van der Waals surface area (Å²) in [5.74, 6) is -1.28. The highest BCUT2D eigenvalue weighted by Crippen LogP contribution is 2.19. The molecule has 9 nitrogen and oxygen atoms in total. The van der Waals surface area contributed by atoms with Crippen LogP contribution in [0.2, 0.25) is 0 Å². The maximum atomic E-state index is 11.4. The van der Waals surface area contributed by atoms with E-state index in [9.17, 15) is 24.9 Å². The van der Waals surface area contributed by atoms with Crippen molar-refractivity contribution < 1.29 is 34.8 Å². The third-order valence-electron chi connectivity index (χ3n) is 2.83. The van der Waals surface area contributed by atoms with E-state index in [1.54, 1.807) is 0 Å². The largest absolute Gasteiger partial charge is 0.394 e. The SMILES string of the molecule is NC(=O)CCC(=O)NC1C(O)OC(CO)C(O)C1O. The van der Waals surface area contributed by atoms with Gasteiger partial charge in [-0.3, -0.25) is 9.59 Å². The van der Waals surface area contributed by atoms with Gasteiger partial charge in [-0.05, 0) is 0 Å². The number of hydrogen-bond donors (Lipinski definition) is 6. The monoisotopic (exact) mass is 278 g/mol. The number of carbonyl (C=O) groups excluding carboxylic acids is 2. The van der Waals surface area contributed by atoms with Crippen molar-refractivity contribution >= 4 is 11.8 Å². The van der Waals surface area contributed by atoms with Crippen molar-refractivity contribution in [1.82, 2.24) is 5.32 Å². The standard InChI is InChI=1S/C10H18N2O7/c11-5(14)1-2-6(15)12-7-9(17)8(16)4(3-13)19-10(7)18/h4,7-10,13,16-18H,1-3H2,(H2,11,14)(H,12,15). The van der Waals surface area contributed by atoms with Crippen molar-refractivity contribution in [2.45, 2.75) is 43.5 Å². The minimum absolute atomic E-state index is 0.173. The van der Waals surface area contributed by atoms with Crippen LogP contribution in [-0.2, 0) is 14.3 Å². The summed E-state index contributed by atoms with van der Waals surface area (Å²) >= 11 is 0. The molecule has 0 aromatic carbocycles. The Morgan fingerprint density at radius 1 is 1.16 bits per heavy atom. The van der Waals surface area contributed by atoms with Gasteiger partial charge >= 0.3 is 0 Å². The lowest BCUT2D eigenvalue weighted by molar-refractivity contribution is -0.253. The molecule has 1 aliphatic rings. The highest BCUT2D eigenvalue weighted by molar-refractivity contribution is 5.83. The normalized spacial score (nSPS) is 34.8. The molecule has 9 heteroatoms. The van der Waals surface area contributed by atoms with Crippen LogP contribution in [0.3, 0.4) is 0 Å². The van der Waals surface area contributed by atoms with Gasteiger partial charge in [0.1, 0.15) is 24.4 Å². The first-order chi connectivity index (χ1) is 8.86. The average Bonchev–Trinajstić information content (AvgIpc) is 2.36. The summed E-state index contributed by atoms with van der Waals surface area (Å²) in [5.41, 5.74) is 4.88. The van der Waals surface area contributed by atoms with Gasteiger partial charge in [0.25, 0.3) is 0 Å². The van der Waals surface area contributed by atoms with E-state index in [0.29, 0.717) is 0 Å². The Balaban J connectivity index is 2.57. The molecule has 110 valence electrons. The van der Waals surface area contributed by atoms with Crippen LogP contribution in [0.5, 0.6) is 0 Å². The molecule has 1 fully saturated rings. The maximum Gasteiger partial charge on any atom is 0.220 e. The highest BCUT2D eigenvalue weighted by Gasteiger charge is 2.44. The Bertz CT molecular complexity index is 338. The second kappa shape index (κ2) is 6.78. The molecule has 1 aliphatic heterocycles. The number of amides is 2. The number of aliphatic hydroxyl groups is 4. The average molecular weight is 278 g/mol. The summed E-state index contributed by atoms with van der Waals surface area (Å²) in [4.78, 5) is 21.9. The van der Waals surface area contributed by atoms with E-state index in [1.165, 1.54) is 0 Å². The Morgan fingerprint density at radius 2 is 1.79 bits per heavy atom. The quantitative estimate of drug-likeness (QED) is 0.300. The van der Waals surface area contributed by atoms with Crippen LogP contribution in [0, 0.1) is 0 Å². The van der Waals surface area contributed by atoms with Gasteiger partial charge in [0.15, 0.2) is 6.29 Å². The summed E-state index contributed by atoms with van der Waals surface area (Å²) in [5, 5.41) is 40.0. The van der Waals surface area contributed by atoms with Crippen molar-refractivity contribution in [2.24, 2.45) is 5.73 Å². The number of ether oxygens (including phenoxy) is 1. The number of carbonyl (C=O) groups is 2. The van der Waals surface area contributed by atoms with Crippen molar-refractivity contribution in [1.29, 1.82) is 0 Å². The molecule has 19 heavy (non-hydrogen) atoms. The summed E-state index contributed by atoms with van der Waals surface area (Å²) in [6.45, 7) is -0.586. The Kier molecular flexibility index (Phi) is 5.63. The van der Waals surface area contributed by atoms with E-state index in [-0.39, 0.29) is 12.8 Å². The van der Waals surface area contributed by atoms with Crippen molar-refractivity contribution in [3.05, 3.63) is 0 Å². The summed E-state index contributed by atoms with van der Waals surface area (Å²) < 4.78 is 4.85. The van der Waals surface area contributed by atoms with Crippen LogP contribution in [0.1, 0.15) is 12.8 Å². The van der Waals surface area contributed by atoms with Gasteiger partial charge in [0, 0.05) is 12.8 Å². The molecule has 0 bridgehead atoms. The van der Waals surface area contributed by atoms with Crippen molar-refractivity contribution in [2.75, 3.05) is 6.61 Å². The molecule has 5 unspecified atom stereocenters. The van der Waals surface area contributed by atoms with Crippen LogP contribution in [0.4, 0.5) is 0 Å². The zero-order valence-electron chi connectivity index (χ0n) is 10.1. The first-order valence-electron chi connectivity index (χ1n) is 5.75. The highest BCUT2D eigenvalue weighted by atomic mass is 16.6.